The van der Waals surface area contributed by atoms with Crippen molar-refractivity contribution >= 4 is 29.1 Å². The zero-order chi connectivity index (χ0) is 18.1. The van der Waals surface area contributed by atoms with Crippen molar-refractivity contribution in [3.8, 4) is 0 Å². The van der Waals surface area contributed by atoms with E-state index in [2.05, 4.69) is 24.1 Å². The zero-order valence-corrected chi connectivity index (χ0v) is 16.3. The Morgan fingerprint density at radius 1 is 1.38 bits per heavy atom. The third kappa shape index (κ3) is 4.42. The van der Waals surface area contributed by atoms with E-state index in [0.29, 0.717) is 10.0 Å². The second kappa shape index (κ2) is 7.61. The van der Waals surface area contributed by atoms with Crippen LogP contribution in [0.2, 0.25) is 10.0 Å². The first kappa shape index (κ1) is 19.5. The maximum absolute atomic E-state index is 12.6. The molecular weight excluding hydrogens is 345 g/mol. The van der Waals surface area contributed by atoms with Gasteiger partial charge in [0, 0.05) is 29.2 Å². The van der Waals surface area contributed by atoms with Crippen LogP contribution in [0.4, 0.5) is 0 Å². The second-order valence-corrected chi connectivity index (χ2v) is 8.27. The predicted octanol–water partition coefficient (Wildman–Crippen LogP) is 3.62. The van der Waals surface area contributed by atoms with Gasteiger partial charge < -0.3 is 11.1 Å². The maximum Gasteiger partial charge on any atom is 0.237 e. The lowest BCUT2D eigenvalue weighted by atomic mass is 9.79. The van der Waals surface area contributed by atoms with Gasteiger partial charge in [0.2, 0.25) is 5.91 Å². The van der Waals surface area contributed by atoms with E-state index in [9.17, 15) is 4.79 Å². The number of carbonyl (C=O) groups excluding carboxylic acids is 1. The summed E-state index contributed by atoms with van der Waals surface area (Å²) in [6, 6.07) is 5.12. The number of benzene rings is 1. The highest BCUT2D eigenvalue weighted by Gasteiger charge is 2.36. The summed E-state index contributed by atoms with van der Waals surface area (Å²) in [4.78, 5) is 14.8. The normalized spacial score (nSPS) is 23.5. The molecule has 3 atom stereocenters. The maximum atomic E-state index is 12.6. The first-order chi connectivity index (χ1) is 11.1. The lowest BCUT2D eigenvalue weighted by Crippen LogP contribution is -2.57. The average molecular weight is 372 g/mol. The second-order valence-electron chi connectivity index (χ2n) is 7.43. The van der Waals surface area contributed by atoms with Crippen LogP contribution in [-0.4, -0.2) is 36.0 Å². The molecule has 1 saturated heterocycles. The van der Waals surface area contributed by atoms with Gasteiger partial charge in [-0.2, -0.15) is 0 Å². The quantitative estimate of drug-likeness (QED) is 0.849. The van der Waals surface area contributed by atoms with Crippen LogP contribution < -0.4 is 11.1 Å². The van der Waals surface area contributed by atoms with Crippen molar-refractivity contribution in [3.05, 3.63) is 33.8 Å². The molecule has 0 saturated carbocycles. The van der Waals surface area contributed by atoms with E-state index in [4.69, 9.17) is 28.9 Å². The number of amides is 1. The molecule has 1 aromatic rings. The van der Waals surface area contributed by atoms with Crippen LogP contribution in [0.5, 0.6) is 0 Å². The molecule has 4 nitrogen and oxygen atoms in total. The molecule has 1 fully saturated rings. The van der Waals surface area contributed by atoms with Crippen molar-refractivity contribution in [2.75, 3.05) is 13.1 Å². The highest BCUT2D eigenvalue weighted by atomic mass is 35.5. The van der Waals surface area contributed by atoms with Gasteiger partial charge in [-0.05, 0) is 43.4 Å². The van der Waals surface area contributed by atoms with Crippen LogP contribution in [0.25, 0.3) is 0 Å². The van der Waals surface area contributed by atoms with Crippen molar-refractivity contribution in [1.82, 2.24) is 10.2 Å². The Hall–Kier alpha value is -0.810. The van der Waals surface area contributed by atoms with E-state index >= 15 is 0 Å². The molecule has 3 unspecified atom stereocenters. The van der Waals surface area contributed by atoms with Crippen LogP contribution in [0.1, 0.15) is 45.7 Å². The third-order valence-electron chi connectivity index (χ3n) is 5.06. The fraction of sp³-hybridized carbons (Fsp3) is 0.611. The number of nitrogens with zero attached hydrogens (tertiary/aromatic N) is 1. The number of hydrogen-bond donors (Lipinski definition) is 2. The number of hydrogen-bond acceptors (Lipinski definition) is 3. The molecule has 0 aromatic heterocycles. The van der Waals surface area contributed by atoms with Gasteiger partial charge in [-0.15, -0.1) is 0 Å². The molecule has 24 heavy (non-hydrogen) atoms. The molecule has 1 heterocycles. The standard InChI is InChI=1S/C18H27Cl2N3O/c1-11(14-6-5-13(19)9-15(14)20)22-17(24)12(2)23-8-7-16(21)18(3,4)10-23/h5-6,9,11-12,16H,7-8,10,21H2,1-4H3,(H,22,24). The summed E-state index contributed by atoms with van der Waals surface area (Å²) in [5.41, 5.74) is 7.06. The van der Waals surface area contributed by atoms with Crippen molar-refractivity contribution in [2.24, 2.45) is 11.1 Å². The number of rotatable bonds is 4. The number of nitrogens with two attached hydrogens (primary N) is 1. The lowest BCUT2D eigenvalue weighted by Gasteiger charge is -2.44. The van der Waals surface area contributed by atoms with Crippen LogP contribution in [0.3, 0.4) is 0 Å². The van der Waals surface area contributed by atoms with Crippen LogP contribution in [0.15, 0.2) is 18.2 Å². The van der Waals surface area contributed by atoms with Gasteiger partial charge in [0.15, 0.2) is 0 Å². The highest BCUT2D eigenvalue weighted by molar-refractivity contribution is 6.35. The molecule has 1 aromatic carbocycles. The third-order valence-corrected chi connectivity index (χ3v) is 5.62. The molecule has 134 valence electrons. The summed E-state index contributed by atoms with van der Waals surface area (Å²) in [7, 11) is 0. The first-order valence-corrected chi connectivity index (χ1v) is 9.12. The number of likely N-dealkylation sites (tertiary alicyclic amines) is 1. The smallest absolute Gasteiger partial charge is 0.237 e. The van der Waals surface area contributed by atoms with E-state index in [1.165, 1.54) is 0 Å². The molecule has 6 heteroatoms. The van der Waals surface area contributed by atoms with Gasteiger partial charge in [0.05, 0.1) is 12.1 Å². The molecule has 1 amide bonds. The fourth-order valence-electron chi connectivity index (χ4n) is 3.18. The van der Waals surface area contributed by atoms with Crippen LogP contribution in [-0.2, 0) is 4.79 Å². The minimum absolute atomic E-state index is 0.000196. The SMILES string of the molecule is CC(NC(=O)C(C)N1CCC(N)C(C)(C)C1)c1ccc(Cl)cc1Cl. The van der Waals surface area contributed by atoms with Crippen LogP contribution >= 0.6 is 23.2 Å². The number of carbonyl (C=O) groups is 1. The fourth-order valence-corrected chi connectivity index (χ4v) is 3.75. The molecule has 0 bridgehead atoms. The summed E-state index contributed by atoms with van der Waals surface area (Å²) < 4.78 is 0. The summed E-state index contributed by atoms with van der Waals surface area (Å²) in [5.74, 6) is -0.000196. The van der Waals surface area contributed by atoms with Gasteiger partial charge in [-0.3, -0.25) is 9.69 Å². The molecule has 0 aliphatic carbocycles. The van der Waals surface area contributed by atoms with E-state index in [1.807, 2.05) is 19.9 Å². The number of piperidine rings is 1. The molecule has 1 aliphatic heterocycles. The van der Waals surface area contributed by atoms with Crippen LogP contribution in [0, 0.1) is 5.41 Å². The zero-order valence-electron chi connectivity index (χ0n) is 14.8. The monoisotopic (exact) mass is 371 g/mol. The molecular formula is C18H27Cl2N3O. The van der Waals surface area contributed by atoms with Gasteiger partial charge in [0.25, 0.3) is 0 Å². The van der Waals surface area contributed by atoms with E-state index in [1.54, 1.807) is 12.1 Å². The predicted molar refractivity (Wildman–Crippen MR) is 100 cm³/mol. The molecule has 0 radical (unpaired) electrons. The van der Waals surface area contributed by atoms with E-state index in [0.717, 1.165) is 25.1 Å². The molecule has 2 rings (SSSR count). The van der Waals surface area contributed by atoms with E-state index in [-0.39, 0.29) is 29.4 Å². The van der Waals surface area contributed by atoms with Crippen molar-refractivity contribution < 1.29 is 4.79 Å². The van der Waals surface area contributed by atoms with Crippen molar-refractivity contribution in [1.29, 1.82) is 0 Å². The van der Waals surface area contributed by atoms with Crippen molar-refractivity contribution in [2.45, 2.75) is 52.2 Å². The number of halogens is 2. The molecule has 1 aliphatic rings. The lowest BCUT2D eigenvalue weighted by molar-refractivity contribution is -0.127. The highest BCUT2D eigenvalue weighted by Crippen LogP contribution is 2.29. The minimum atomic E-state index is -0.203. The summed E-state index contributed by atoms with van der Waals surface area (Å²) in [6.45, 7) is 9.84. The summed E-state index contributed by atoms with van der Waals surface area (Å²) in [5, 5.41) is 4.20. The molecule has 3 N–H and O–H groups in total. The Balaban J connectivity index is 2.01. The topological polar surface area (TPSA) is 58.4 Å². The Morgan fingerprint density at radius 3 is 2.62 bits per heavy atom. The number of nitrogens with one attached hydrogen (secondary N) is 1. The average Bonchev–Trinajstić information content (AvgIpc) is 2.48. The summed E-state index contributed by atoms with van der Waals surface area (Å²) >= 11 is 12.2. The van der Waals surface area contributed by atoms with Gasteiger partial charge in [-0.25, -0.2) is 0 Å². The first-order valence-electron chi connectivity index (χ1n) is 8.37. The Morgan fingerprint density at radius 2 is 2.04 bits per heavy atom. The van der Waals surface area contributed by atoms with Gasteiger partial charge in [-0.1, -0.05) is 43.1 Å². The van der Waals surface area contributed by atoms with Crippen molar-refractivity contribution in [3.63, 3.8) is 0 Å². The minimum Gasteiger partial charge on any atom is -0.348 e. The summed E-state index contributed by atoms with van der Waals surface area (Å²) in [6.07, 6.45) is 0.906. The van der Waals surface area contributed by atoms with Gasteiger partial charge >= 0.3 is 0 Å². The Kier molecular flexibility index (Phi) is 6.19. The molecule has 0 spiro atoms. The largest absolute Gasteiger partial charge is 0.348 e. The Labute approximate surface area is 154 Å². The van der Waals surface area contributed by atoms with Gasteiger partial charge in [0.1, 0.15) is 0 Å². The van der Waals surface area contributed by atoms with E-state index < -0.39 is 0 Å². The Bertz CT molecular complexity index is 606.